The van der Waals surface area contributed by atoms with Gasteiger partial charge in [-0.1, -0.05) is 17.7 Å². The predicted octanol–water partition coefficient (Wildman–Crippen LogP) is 3.16. The molecule has 1 aromatic heterocycles. The molecule has 1 aliphatic rings. The van der Waals surface area contributed by atoms with Crippen LogP contribution < -0.4 is 10.2 Å². The van der Waals surface area contributed by atoms with Crippen molar-refractivity contribution in [2.24, 2.45) is 0 Å². The molecule has 0 atom stereocenters. The van der Waals surface area contributed by atoms with Gasteiger partial charge in [-0.05, 0) is 31.5 Å². The van der Waals surface area contributed by atoms with Gasteiger partial charge >= 0.3 is 0 Å². The summed E-state index contributed by atoms with van der Waals surface area (Å²) in [4.78, 5) is 24.7. The van der Waals surface area contributed by atoms with Crippen molar-refractivity contribution in [3.05, 3.63) is 40.5 Å². The Kier molecular flexibility index (Phi) is 5.08. The molecule has 0 saturated carbocycles. The normalized spacial score (nSPS) is 14.6. The van der Waals surface area contributed by atoms with Crippen molar-refractivity contribution in [2.75, 3.05) is 36.4 Å². The van der Waals surface area contributed by atoms with Crippen LogP contribution in [0.15, 0.2) is 24.3 Å². The molecule has 1 N–H and O–H groups in total. The highest BCUT2D eigenvalue weighted by Crippen LogP contribution is 2.24. The zero-order valence-electron chi connectivity index (χ0n) is 14.7. The van der Waals surface area contributed by atoms with Gasteiger partial charge in [-0.2, -0.15) is 4.98 Å². The SMILES string of the molecule is CC(=O)N1CCN(c2cc(C)nc(Nc3cc(Cl)ccc3C)n2)CC1. The summed E-state index contributed by atoms with van der Waals surface area (Å²) in [5.74, 6) is 1.55. The molecule has 1 saturated heterocycles. The van der Waals surface area contributed by atoms with Gasteiger partial charge in [0.05, 0.1) is 0 Å². The number of aryl methyl sites for hydroxylation is 2. The number of hydrogen-bond acceptors (Lipinski definition) is 5. The van der Waals surface area contributed by atoms with E-state index in [0.717, 1.165) is 35.9 Å². The highest BCUT2D eigenvalue weighted by atomic mass is 35.5. The van der Waals surface area contributed by atoms with Crippen molar-refractivity contribution < 1.29 is 4.79 Å². The summed E-state index contributed by atoms with van der Waals surface area (Å²) in [6, 6.07) is 7.66. The van der Waals surface area contributed by atoms with Gasteiger partial charge in [0.15, 0.2) is 0 Å². The van der Waals surface area contributed by atoms with Crippen LogP contribution in [0.3, 0.4) is 0 Å². The van der Waals surface area contributed by atoms with E-state index >= 15 is 0 Å². The van der Waals surface area contributed by atoms with Gasteiger partial charge in [0.2, 0.25) is 11.9 Å². The minimum atomic E-state index is 0.123. The largest absolute Gasteiger partial charge is 0.353 e. The van der Waals surface area contributed by atoms with Crippen molar-refractivity contribution in [1.29, 1.82) is 0 Å². The Bertz CT molecular complexity index is 787. The lowest BCUT2D eigenvalue weighted by atomic mass is 10.2. The van der Waals surface area contributed by atoms with E-state index in [1.165, 1.54) is 0 Å². The van der Waals surface area contributed by atoms with Gasteiger partial charge in [0.1, 0.15) is 5.82 Å². The molecule has 1 fully saturated rings. The van der Waals surface area contributed by atoms with E-state index < -0.39 is 0 Å². The topological polar surface area (TPSA) is 61.4 Å². The third-order valence-electron chi connectivity index (χ3n) is 4.34. The molecule has 0 aliphatic carbocycles. The Morgan fingerprint density at radius 3 is 2.52 bits per heavy atom. The fourth-order valence-electron chi connectivity index (χ4n) is 2.87. The number of aromatic nitrogens is 2. The third-order valence-corrected chi connectivity index (χ3v) is 4.57. The van der Waals surface area contributed by atoms with Crippen LogP contribution in [0.25, 0.3) is 0 Å². The Hall–Kier alpha value is -2.34. The fourth-order valence-corrected chi connectivity index (χ4v) is 3.04. The molecule has 0 unspecified atom stereocenters. The van der Waals surface area contributed by atoms with E-state index in [1.807, 2.05) is 43.0 Å². The molecule has 132 valence electrons. The monoisotopic (exact) mass is 359 g/mol. The second kappa shape index (κ2) is 7.27. The van der Waals surface area contributed by atoms with Crippen molar-refractivity contribution in [2.45, 2.75) is 20.8 Å². The number of benzene rings is 1. The number of hydrogen-bond donors (Lipinski definition) is 1. The zero-order valence-corrected chi connectivity index (χ0v) is 15.5. The van der Waals surface area contributed by atoms with E-state index in [0.29, 0.717) is 24.1 Å². The molecule has 1 aromatic carbocycles. The molecule has 6 nitrogen and oxygen atoms in total. The highest BCUT2D eigenvalue weighted by molar-refractivity contribution is 6.30. The van der Waals surface area contributed by atoms with Crippen LogP contribution in [0, 0.1) is 13.8 Å². The second-order valence-corrected chi connectivity index (χ2v) is 6.70. The minimum Gasteiger partial charge on any atom is -0.353 e. The first-order valence-electron chi connectivity index (χ1n) is 8.32. The smallest absolute Gasteiger partial charge is 0.229 e. The molecular formula is C18H22ClN5O. The highest BCUT2D eigenvalue weighted by Gasteiger charge is 2.20. The van der Waals surface area contributed by atoms with Crippen LogP contribution in [-0.2, 0) is 4.79 Å². The standard InChI is InChI=1S/C18H22ClN5O/c1-12-4-5-15(19)11-16(12)21-18-20-13(2)10-17(22-18)24-8-6-23(7-9-24)14(3)25/h4-5,10-11H,6-9H2,1-3H3,(H,20,21,22). The number of anilines is 3. The molecule has 2 heterocycles. The third kappa shape index (κ3) is 4.20. The number of piperazine rings is 1. The number of amides is 1. The average Bonchev–Trinajstić information content (AvgIpc) is 2.58. The maximum absolute atomic E-state index is 11.5. The zero-order chi connectivity index (χ0) is 18.0. The van der Waals surface area contributed by atoms with Crippen LogP contribution in [0.4, 0.5) is 17.5 Å². The van der Waals surface area contributed by atoms with E-state index in [4.69, 9.17) is 11.6 Å². The Morgan fingerprint density at radius 2 is 1.84 bits per heavy atom. The quantitative estimate of drug-likeness (QED) is 0.912. The molecule has 0 spiro atoms. The van der Waals surface area contributed by atoms with E-state index in [1.54, 1.807) is 6.92 Å². The average molecular weight is 360 g/mol. The maximum Gasteiger partial charge on any atom is 0.229 e. The molecule has 0 radical (unpaired) electrons. The summed E-state index contributed by atoms with van der Waals surface area (Å²) in [5.41, 5.74) is 2.86. The summed E-state index contributed by atoms with van der Waals surface area (Å²) in [7, 11) is 0. The number of nitrogens with zero attached hydrogens (tertiary/aromatic N) is 4. The lowest BCUT2D eigenvalue weighted by Gasteiger charge is -2.35. The Labute approximate surface area is 152 Å². The molecule has 1 aliphatic heterocycles. The molecule has 1 amide bonds. The van der Waals surface area contributed by atoms with Gasteiger partial charge in [-0.3, -0.25) is 4.79 Å². The van der Waals surface area contributed by atoms with Gasteiger partial charge < -0.3 is 15.1 Å². The maximum atomic E-state index is 11.5. The first-order valence-corrected chi connectivity index (χ1v) is 8.69. The Balaban J connectivity index is 1.79. The number of nitrogens with one attached hydrogen (secondary N) is 1. The minimum absolute atomic E-state index is 0.123. The van der Waals surface area contributed by atoms with E-state index in [2.05, 4.69) is 20.2 Å². The van der Waals surface area contributed by atoms with E-state index in [-0.39, 0.29) is 5.91 Å². The summed E-state index contributed by atoms with van der Waals surface area (Å²) >= 11 is 6.09. The van der Waals surface area contributed by atoms with Gasteiger partial charge in [-0.25, -0.2) is 4.98 Å². The van der Waals surface area contributed by atoms with Crippen molar-refractivity contribution in [3.8, 4) is 0 Å². The summed E-state index contributed by atoms with van der Waals surface area (Å²) < 4.78 is 0. The van der Waals surface area contributed by atoms with E-state index in [9.17, 15) is 4.79 Å². The van der Waals surface area contributed by atoms with Crippen LogP contribution >= 0.6 is 11.6 Å². The number of rotatable bonds is 3. The van der Waals surface area contributed by atoms with Gasteiger partial charge in [0.25, 0.3) is 0 Å². The van der Waals surface area contributed by atoms with Crippen LogP contribution in [0.5, 0.6) is 0 Å². The molecule has 2 aromatic rings. The molecule has 0 bridgehead atoms. The first kappa shape index (κ1) is 17.5. The lowest BCUT2D eigenvalue weighted by Crippen LogP contribution is -2.48. The van der Waals surface area contributed by atoms with Gasteiger partial charge in [-0.15, -0.1) is 0 Å². The predicted molar refractivity (Wildman–Crippen MR) is 101 cm³/mol. The van der Waals surface area contributed by atoms with Crippen molar-refractivity contribution in [1.82, 2.24) is 14.9 Å². The first-order chi connectivity index (χ1) is 11.9. The van der Waals surface area contributed by atoms with Crippen LogP contribution in [0.1, 0.15) is 18.2 Å². The van der Waals surface area contributed by atoms with Crippen LogP contribution in [0.2, 0.25) is 5.02 Å². The number of carbonyl (C=O) groups is 1. The molecule has 25 heavy (non-hydrogen) atoms. The van der Waals surface area contributed by atoms with Gasteiger partial charge in [0, 0.05) is 55.6 Å². The van der Waals surface area contributed by atoms with Crippen LogP contribution in [-0.4, -0.2) is 47.0 Å². The number of halogens is 1. The van der Waals surface area contributed by atoms with Crippen molar-refractivity contribution >= 4 is 35.0 Å². The fraction of sp³-hybridized carbons (Fsp3) is 0.389. The summed E-state index contributed by atoms with van der Waals surface area (Å²) in [5, 5.41) is 3.93. The second-order valence-electron chi connectivity index (χ2n) is 6.27. The summed E-state index contributed by atoms with van der Waals surface area (Å²) in [6.45, 7) is 8.55. The molecular weight excluding hydrogens is 338 g/mol. The summed E-state index contributed by atoms with van der Waals surface area (Å²) in [6.07, 6.45) is 0. The molecule has 3 rings (SSSR count). The lowest BCUT2D eigenvalue weighted by molar-refractivity contribution is -0.129. The Morgan fingerprint density at radius 1 is 1.12 bits per heavy atom. The molecule has 7 heteroatoms. The van der Waals surface area contributed by atoms with Crippen molar-refractivity contribution in [3.63, 3.8) is 0 Å². The number of carbonyl (C=O) groups excluding carboxylic acids is 1.